The van der Waals surface area contributed by atoms with Crippen LogP contribution < -0.4 is 48.0 Å². The Balaban J connectivity index is 0.00000312. The van der Waals surface area contributed by atoms with Crippen LogP contribution in [0, 0.1) is 0 Å². The van der Waals surface area contributed by atoms with Gasteiger partial charge in [-0.2, -0.15) is 0 Å². The molecule has 2 nitrogen and oxygen atoms in total. The molecule has 2 saturated heterocycles. The normalized spacial score (nSPS) is 40.4. The molecule has 0 aliphatic carbocycles. The average Bonchev–Trinajstić information content (AvgIpc) is 2.54. The summed E-state index contributed by atoms with van der Waals surface area (Å²) in [6, 6.07) is 3.48. The first-order valence-corrected chi connectivity index (χ1v) is 11.0. The van der Waals surface area contributed by atoms with Gasteiger partial charge in [0.05, 0.1) is 51.4 Å². The summed E-state index contributed by atoms with van der Waals surface area (Å²) in [5.74, 6) is 0. The Labute approximate surface area is 199 Å². The van der Waals surface area contributed by atoms with Crippen molar-refractivity contribution in [3.63, 3.8) is 0 Å². The maximum absolute atomic E-state index is 2.53. The Hall–Kier alpha value is 1.38. The number of nitrogens with zero attached hydrogens (tertiary/aromatic N) is 2. The number of piperidine rings is 2. The second-order valence-corrected chi connectivity index (χ2v) is 9.81. The monoisotopic (exact) mass is 592 g/mol. The van der Waals surface area contributed by atoms with Gasteiger partial charge in [0.2, 0.25) is 0 Å². The number of quaternary nitrogens is 2. The summed E-state index contributed by atoms with van der Waals surface area (Å²) in [5.41, 5.74) is 0. The van der Waals surface area contributed by atoms with E-state index in [1.807, 2.05) is 0 Å². The largest absolute Gasteiger partial charge is 1.00 e. The molecule has 0 N–H and O–H groups in total. The Morgan fingerprint density at radius 2 is 0.808 bits per heavy atom. The van der Waals surface area contributed by atoms with Crippen molar-refractivity contribution in [2.75, 3.05) is 27.2 Å². The van der Waals surface area contributed by atoms with E-state index in [-0.39, 0.29) is 48.0 Å². The molecule has 4 unspecified atom stereocenters. The lowest BCUT2D eigenvalue weighted by atomic mass is 9.93. The molecule has 0 saturated carbocycles. The maximum Gasteiger partial charge on any atom is 0.0861 e. The summed E-state index contributed by atoms with van der Waals surface area (Å²) < 4.78 is 2.67. The van der Waals surface area contributed by atoms with Gasteiger partial charge in [-0.1, -0.05) is 0 Å². The van der Waals surface area contributed by atoms with E-state index in [9.17, 15) is 0 Å². The first-order valence-electron chi connectivity index (χ1n) is 11.0. The van der Waals surface area contributed by atoms with Crippen LogP contribution in [-0.4, -0.2) is 60.3 Å². The number of likely N-dealkylation sites (tertiary alicyclic amines) is 2. The van der Waals surface area contributed by atoms with Gasteiger partial charge in [-0.05, 0) is 91.9 Å². The van der Waals surface area contributed by atoms with E-state index in [0.29, 0.717) is 0 Å². The molecule has 0 aromatic heterocycles. The zero-order chi connectivity index (χ0) is 17.8. The van der Waals surface area contributed by atoms with E-state index >= 15 is 0 Å². The van der Waals surface area contributed by atoms with Crippen molar-refractivity contribution in [1.29, 1.82) is 0 Å². The van der Waals surface area contributed by atoms with Gasteiger partial charge in [-0.3, -0.25) is 0 Å². The lowest BCUT2D eigenvalue weighted by molar-refractivity contribution is -0.958. The molecular formula is C22H46I2N2. The van der Waals surface area contributed by atoms with Crippen molar-refractivity contribution in [2.24, 2.45) is 0 Å². The van der Waals surface area contributed by atoms with Gasteiger partial charge in [0.1, 0.15) is 0 Å². The highest BCUT2D eigenvalue weighted by atomic mass is 127. The van der Waals surface area contributed by atoms with Crippen LogP contribution in [0.4, 0.5) is 0 Å². The van der Waals surface area contributed by atoms with Crippen LogP contribution in [0.2, 0.25) is 0 Å². The highest BCUT2D eigenvalue weighted by molar-refractivity contribution is 4.68. The molecule has 2 aliphatic rings. The predicted molar refractivity (Wildman–Crippen MR) is 106 cm³/mol. The molecule has 0 aromatic carbocycles. The third-order valence-corrected chi connectivity index (χ3v) is 8.55. The van der Waals surface area contributed by atoms with E-state index < -0.39 is 0 Å². The standard InChI is InChI=1S/C22H46N2.2HI/c1-19-13-11-14-20(2)23(19,5)17-9-7-8-10-18-24(6)21(3)15-12-16-22(24)4;;/h19-22H,7-18H2,1-6H3;2*1H/q+2;;/p-2. The molecule has 2 rings (SSSR count). The van der Waals surface area contributed by atoms with E-state index in [0.717, 1.165) is 24.2 Å². The van der Waals surface area contributed by atoms with E-state index in [1.165, 1.54) is 86.3 Å². The number of hydrogen-bond donors (Lipinski definition) is 0. The molecule has 26 heavy (non-hydrogen) atoms. The zero-order valence-electron chi connectivity index (χ0n) is 18.4. The highest BCUT2D eigenvalue weighted by Gasteiger charge is 2.38. The number of hydrogen-bond acceptors (Lipinski definition) is 0. The van der Waals surface area contributed by atoms with Crippen LogP contribution in [0.3, 0.4) is 0 Å². The number of unbranched alkanes of at least 4 members (excludes halogenated alkanes) is 3. The zero-order valence-corrected chi connectivity index (χ0v) is 22.8. The molecule has 158 valence electrons. The summed E-state index contributed by atoms with van der Waals surface area (Å²) in [6.07, 6.45) is 14.4. The first-order chi connectivity index (χ1) is 11.3. The van der Waals surface area contributed by atoms with Gasteiger partial charge in [0.25, 0.3) is 0 Å². The molecule has 4 heteroatoms. The third-order valence-electron chi connectivity index (χ3n) is 8.55. The van der Waals surface area contributed by atoms with Crippen molar-refractivity contribution in [2.45, 2.75) is 116 Å². The predicted octanol–water partition coefficient (Wildman–Crippen LogP) is -0.630. The fourth-order valence-corrected chi connectivity index (χ4v) is 5.61. The minimum atomic E-state index is 0. The molecule has 2 heterocycles. The summed E-state index contributed by atoms with van der Waals surface area (Å²) in [4.78, 5) is 0. The Morgan fingerprint density at radius 1 is 0.538 bits per heavy atom. The lowest BCUT2D eigenvalue weighted by Crippen LogP contribution is -3.00. The van der Waals surface area contributed by atoms with Crippen molar-refractivity contribution in [3.05, 3.63) is 0 Å². The van der Waals surface area contributed by atoms with E-state index in [1.54, 1.807) is 0 Å². The smallest absolute Gasteiger partial charge is 0.0861 e. The van der Waals surface area contributed by atoms with Crippen LogP contribution in [-0.2, 0) is 0 Å². The second kappa shape index (κ2) is 12.2. The number of rotatable bonds is 7. The second-order valence-electron chi connectivity index (χ2n) is 9.81. The van der Waals surface area contributed by atoms with Crippen LogP contribution in [0.15, 0.2) is 0 Å². The Bertz CT molecular complexity index is 332. The fourth-order valence-electron chi connectivity index (χ4n) is 5.61. The Morgan fingerprint density at radius 3 is 1.08 bits per heavy atom. The topological polar surface area (TPSA) is 0 Å². The van der Waals surface area contributed by atoms with Crippen molar-refractivity contribution < 1.29 is 56.9 Å². The SMILES string of the molecule is CC1CCCC(C)[N+]1(C)CCCCCC[N+]1(C)C(C)CCCC1C.[I-].[I-]. The van der Waals surface area contributed by atoms with Crippen LogP contribution in [0.1, 0.15) is 91.9 Å². The van der Waals surface area contributed by atoms with Gasteiger partial charge in [-0.25, -0.2) is 0 Å². The van der Waals surface area contributed by atoms with E-state index in [2.05, 4.69) is 41.8 Å². The Kier molecular flexibility index (Phi) is 12.8. The summed E-state index contributed by atoms with van der Waals surface area (Å²) >= 11 is 0. The van der Waals surface area contributed by atoms with Gasteiger partial charge < -0.3 is 56.9 Å². The van der Waals surface area contributed by atoms with Gasteiger partial charge >= 0.3 is 0 Å². The van der Waals surface area contributed by atoms with Gasteiger partial charge in [0, 0.05) is 0 Å². The molecule has 2 fully saturated rings. The first kappa shape index (κ1) is 27.4. The van der Waals surface area contributed by atoms with Gasteiger partial charge in [0.15, 0.2) is 0 Å². The maximum atomic E-state index is 2.53. The van der Waals surface area contributed by atoms with Crippen molar-refractivity contribution >= 4 is 0 Å². The van der Waals surface area contributed by atoms with Crippen molar-refractivity contribution in [1.82, 2.24) is 0 Å². The molecule has 4 atom stereocenters. The molecule has 0 spiro atoms. The summed E-state index contributed by atoms with van der Waals surface area (Å²) in [5, 5.41) is 0. The molecule has 0 amide bonds. The minimum absolute atomic E-state index is 0. The molecule has 0 aromatic rings. The summed E-state index contributed by atoms with van der Waals surface area (Å²) in [6.45, 7) is 12.8. The molecular weight excluding hydrogens is 546 g/mol. The van der Waals surface area contributed by atoms with Crippen molar-refractivity contribution in [3.8, 4) is 0 Å². The van der Waals surface area contributed by atoms with E-state index in [4.69, 9.17) is 0 Å². The lowest BCUT2D eigenvalue weighted by Gasteiger charge is -2.49. The van der Waals surface area contributed by atoms with Crippen LogP contribution in [0.5, 0.6) is 0 Å². The minimum Gasteiger partial charge on any atom is -1.00 e. The fraction of sp³-hybridized carbons (Fsp3) is 1.00. The molecule has 0 bridgehead atoms. The third kappa shape index (κ3) is 6.45. The molecule has 2 aliphatic heterocycles. The van der Waals surface area contributed by atoms with Crippen LogP contribution in [0.25, 0.3) is 0 Å². The quantitative estimate of drug-likeness (QED) is 0.210. The summed E-state index contributed by atoms with van der Waals surface area (Å²) in [7, 11) is 5.05. The molecule has 0 radical (unpaired) electrons. The van der Waals surface area contributed by atoms with Crippen LogP contribution >= 0.6 is 0 Å². The average molecular weight is 592 g/mol. The van der Waals surface area contributed by atoms with Gasteiger partial charge in [-0.15, -0.1) is 0 Å². The number of halogens is 2. The highest BCUT2D eigenvalue weighted by Crippen LogP contribution is 2.31.